The summed E-state index contributed by atoms with van der Waals surface area (Å²) in [4.78, 5) is 23.4. The Balaban J connectivity index is 1.71. The Morgan fingerprint density at radius 1 is 1.14 bits per heavy atom. The van der Waals surface area contributed by atoms with E-state index in [1.807, 2.05) is 5.38 Å². The molecule has 0 aliphatic heterocycles. The van der Waals surface area contributed by atoms with Crippen LogP contribution in [0.2, 0.25) is 10.0 Å². The molecule has 0 atom stereocenters. The number of amides is 2. The van der Waals surface area contributed by atoms with Crippen molar-refractivity contribution in [1.29, 1.82) is 0 Å². The van der Waals surface area contributed by atoms with Gasteiger partial charge in [0.15, 0.2) is 0 Å². The van der Waals surface area contributed by atoms with Crippen molar-refractivity contribution in [1.82, 2.24) is 10.6 Å². The van der Waals surface area contributed by atoms with Gasteiger partial charge in [-0.1, -0.05) is 29.3 Å². The summed E-state index contributed by atoms with van der Waals surface area (Å²) in [6, 6.07) is 6.85. The minimum absolute atomic E-state index is 0.156. The van der Waals surface area contributed by atoms with Crippen LogP contribution in [0.1, 0.15) is 22.3 Å². The van der Waals surface area contributed by atoms with Crippen LogP contribution in [0, 0.1) is 0 Å². The molecule has 0 radical (unpaired) electrons. The van der Waals surface area contributed by atoms with Crippen molar-refractivity contribution in [2.75, 3.05) is 6.54 Å². The van der Waals surface area contributed by atoms with Crippen molar-refractivity contribution < 1.29 is 9.59 Å². The summed E-state index contributed by atoms with van der Waals surface area (Å²) in [5, 5.41) is 10.1. The van der Waals surface area contributed by atoms with E-state index in [1.54, 1.807) is 29.6 Å². The van der Waals surface area contributed by atoms with Crippen molar-refractivity contribution in [3.05, 3.63) is 56.2 Å². The summed E-state index contributed by atoms with van der Waals surface area (Å²) in [5.41, 5.74) is 1.40. The van der Waals surface area contributed by atoms with Crippen molar-refractivity contribution in [3.8, 4) is 0 Å². The topological polar surface area (TPSA) is 58.2 Å². The van der Waals surface area contributed by atoms with Gasteiger partial charge in [-0.3, -0.25) is 9.59 Å². The lowest BCUT2D eigenvalue weighted by molar-refractivity contribution is -0.121. The Morgan fingerprint density at radius 2 is 1.95 bits per heavy atom. The van der Waals surface area contributed by atoms with Crippen LogP contribution in [0.15, 0.2) is 35.0 Å². The van der Waals surface area contributed by atoms with E-state index >= 15 is 0 Å². The van der Waals surface area contributed by atoms with E-state index < -0.39 is 0 Å². The fourth-order valence-electron chi connectivity index (χ4n) is 1.73. The normalized spacial score (nSPS) is 10.3. The quantitative estimate of drug-likeness (QED) is 0.832. The average Bonchev–Trinajstić information content (AvgIpc) is 3.00. The van der Waals surface area contributed by atoms with E-state index in [9.17, 15) is 9.59 Å². The SMILES string of the molecule is O=C(CCNC(=O)c1ccsc1)NCc1ccc(Cl)cc1Cl. The molecule has 0 aliphatic rings. The highest BCUT2D eigenvalue weighted by Crippen LogP contribution is 2.20. The lowest BCUT2D eigenvalue weighted by atomic mass is 10.2. The third-order valence-corrected chi connectivity index (χ3v) is 4.18. The van der Waals surface area contributed by atoms with Crippen molar-refractivity contribution in [2.45, 2.75) is 13.0 Å². The molecular formula is C15H14Cl2N2O2S. The molecule has 2 N–H and O–H groups in total. The summed E-state index contributed by atoms with van der Waals surface area (Å²) in [7, 11) is 0. The second-order valence-corrected chi connectivity index (χ2v) is 6.15. The molecule has 22 heavy (non-hydrogen) atoms. The standard InChI is InChI=1S/C15H14Cl2N2O2S/c16-12-2-1-10(13(17)7-12)8-19-14(20)3-5-18-15(21)11-4-6-22-9-11/h1-2,4,6-7,9H,3,5,8H2,(H,18,21)(H,19,20). The van der Waals surface area contributed by atoms with Crippen molar-refractivity contribution >= 4 is 46.4 Å². The maximum Gasteiger partial charge on any atom is 0.252 e. The van der Waals surface area contributed by atoms with E-state index in [-0.39, 0.29) is 24.8 Å². The molecule has 1 aromatic heterocycles. The van der Waals surface area contributed by atoms with E-state index in [4.69, 9.17) is 23.2 Å². The molecule has 0 unspecified atom stereocenters. The number of nitrogens with one attached hydrogen (secondary N) is 2. The van der Waals surface area contributed by atoms with Crippen LogP contribution in [-0.2, 0) is 11.3 Å². The lowest BCUT2D eigenvalue weighted by Crippen LogP contribution is -2.30. The molecule has 0 saturated heterocycles. The molecule has 2 aromatic rings. The second-order valence-electron chi connectivity index (χ2n) is 4.53. The minimum Gasteiger partial charge on any atom is -0.352 e. The van der Waals surface area contributed by atoms with Gasteiger partial charge < -0.3 is 10.6 Å². The highest BCUT2D eigenvalue weighted by Gasteiger charge is 2.07. The highest BCUT2D eigenvalue weighted by atomic mass is 35.5. The molecule has 0 bridgehead atoms. The zero-order valence-corrected chi connectivity index (χ0v) is 13.9. The Bertz CT molecular complexity index is 660. The number of hydrogen-bond donors (Lipinski definition) is 2. The Labute approximate surface area is 142 Å². The monoisotopic (exact) mass is 356 g/mol. The number of carbonyl (C=O) groups is 2. The summed E-state index contributed by atoms with van der Waals surface area (Å²) in [5.74, 6) is -0.327. The van der Waals surface area contributed by atoms with Crippen molar-refractivity contribution in [2.24, 2.45) is 0 Å². The zero-order chi connectivity index (χ0) is 15.9. The maximum absolute atomic E-state index is 11.7. The van der Waals surface area contributed by atoms with Crippen LogP contribution < -0.4 is 10.6 Å². The summed E-state index contributed by atoms with van der Waals surface area (Å²) < 4.78 is 0. The van der Waals surface area contributed by atoms with E-state index in [0.717, 1.165) is 5.56 Å². The van der Waals surface area contributed by atoms with Crippen LogP contribution in [-0.4, -0.2) is 18.4 Å². The number of hydrogen-bond acceptors (Lipinski definition) is 3. The van der Waals surface area contributed by atoms with Gasteiger partial charge in [-0.2, -0.15) is 11.3 Å². The zero-order valence-electron chi connectivity index (χ0n) is 11.6. The Kier molecular flexibility index (Phi) is 6.24. The first kappa shape index (κ1) is 16.8. The van der Waals surface area contributed by atoms with Gasteiger partial charge in [0, 0.05) is 40.5 Å². The second kappa shape index (κ2) is 8.17. The molecule has 0 aliphatic carbocycles. The first-order chi connectivity index (χ1) is 10.6. The fourth-order valence-corrected chi connectivity index (χ4v) is 2.84. The van der Waals surface area contributed by atoms with Crippen molar-refractivity contribution in [3.63, 3.8) is 0 Å². The van der Waals surface area contributed by atoms with Gasteiger partial charge in [0.2, 0.25) is 5.91 Å². The van der Waals surface area contributed by atoms with Gasteiger partial charge in [0.05, 0.1) is 0 Å². The van der Waals surface area contributed by atoms with Gasteiger partial charge >= 0.3 is 0 Å². The third kappa shape index (κ3) is 5.02. The molecule has 2 amide bonds. The molecule has 7 heteroatoms. The average molecular weight is 357 g/mol. The van der Waals surface area contributed by atoms with Crippen LogP contribution in [0.3, 0.4) is 0 Å². The molecule has 4 nitrogen and oxygen atoms in total. The molecule has 116 valence electrons. The van der Waals surface area contributed by atoms with Crippen LogP contribution >= 0.6 is 34.5 Å². The van der Waals surface area contributed by atoms with Crippen LogP contribution in [0.5, 0.6) is 0 Å². The predicted octanol–water partition coefficient (Wildman–Crippen LogP) is 3.49. The van der Waals surface area contributed by atoms with E-state index in [1.165, 1.54) is 11.3 Å². The Morgan fingerprint density at radius 3 is 2.64 bits per heavy atom. The number of rotatable bonds is 6. The van der Waals surface area contributed by atoms with Gasteiger partial charge in [-0.15, -0.1) is 0 Å². The van der Waals surface area contributed by atoms with Crippen LogP contribution in [0.25, 0.3) is 0 Å². The largest absolute Gasteiger partial charge is 0.352 e. The first-order valence-electron chi connectivity index (χ1n) is 6.57. The smallest absolute Gasteiger partial charge is 0.252 e. The molecule has 2 rings (SSSR count). The van der Waals surface area contributed by atoms with E-state index in [0.29, 0.717) is 22.2 Å². The fraction of sp³-hybridized carbons (Fsp3) is 0.200. The molecule has 0 spiro atoms. The molecular weight excluding hydrogens is 343 g/mol. The third-order valence-electron chi connectivity index (χ3n) is 2.91. The predicted molar refractivity (Wildman–Crippen MR) is 89.6 cm³/mol. The Hall–Kier alpha value is -1.56. The van der Waals surface area contributed by atoms with E-state index in [2.05, 4.69) is 10.6 Å². The van der Waals surface area contributed by atoms with Gasteiger partial charge in [0.25, 0.3) is 5.91 Å². The molecule has 0 saturated carbocycles. The molecule has 1 aromatic carbocycles. The molecule has 1 heterocycles. The maximum atomic E-state index is 11.7. The lowest BCUT2D eigenvalue weighted by Gasteiger charge is -2.08. The highest BCUT2D eigenvalue weighted by molar-refractivity contribution is 7.08. The number of benzene rings is 1. The minimum atomic E-state index is -0.171. The van der Waals surface area contributed by atoms with Gasteiger partial charge in [-0.25, -0.2) is 0 Å². The summed E-state index contributed by atoms with van der Waals surface area (Å²) >= 11 is 13.3. The van der Waals surface area contributed by atoms with Gasteiger partial charge in [-0.05, 0) is 29.1 Å². The number of halogens is 2. The number of carbonyl (C=O) groups excluding carboxylic acids is 2. The van der Waals surface area contributed by atoms with Gasteiger partial charge in [0.1, 0.15) is 0 Å². The summed E-state index contributed by atoms with van der Waals surface area (Å²) in [6.45, 7) is 0.613. The summed E-state index contributed by atoms with van der Waals surface area (Å²) in [6.07, 6.45) is 0.209. The molecule has 0 fully saturated rings. The first-order valence-corrected chi connectivity index (χ1v) is 8.27. The number of thiophene rings is 1. The van der Waals surface area contributed by atoms with Crippen LogP contribution in [0.4, 0.5) is 0 Å².